The van der Waals surface area contributed by atoms with Crippen molar-refractivity contribution in [3.63, 3.8) is 0 Å². The molecule has 137 heavy (non-hydrogen) atoms. The van der Waals surface area contributed by atoms with Gasteiger partial charge in [0.25, 0.3) is 0 Å². The second-order valence-electron chi connectivity index (χ2n) is 30.5. The fourth-order valence-electron chi connectivity index (χ4n) is 16.0. The molecule has 0 saturated heterocycles. The van der Waals surface area contributed by atoms with Crippen LogP contribution in [0, 0.1) is 40.7 Å². The molecule has 10 aromatic heterocycles. The van der Waals surface area contributed by atoms with E-state index in [0.717, 1.165) is 85.6 Å². The van der Waals surface area contributed by atoms with Crippen LogP contribution >= 0.6 is 34.0 Å². The van der Waals surface area contributed by atoms with Crippen LogP contribution in [0.25, 0.3) is 194 Å². The molecule has 0 fully saturated rings. The lowest BCUT2D eigenvalue weighted by molar-refractivity contribution is 0.0675. The largest absolute Gasteiger partial charge is 0.495 e. The van der Waals surface area contributed by atoms with Crippen molar-refractivity contribution in [3.8, 4) is 71.4 Å². The molecule has 26 nitrogen and oxygen atoms in total. The first-order chi connectivity index (χ1) is 66.2. The zero-order valence-corrected chi connectivity index (χ0v) is 72.4. The predicted octanol–water partition coefficient (Wildman–Crippen LogP) is 25.2. The topological polar surface area (TPSA) is 418 Å². The smallest absolute Gasteiger partial charge is 0.341 e. The highest BCUT2D eigenvalue weighted by molar-refractivity contribution is 7.23. The molecule has 0 aliphatic carbocycles. The molecule has 0 unspecified atom stereocenters. The van der Waals surface area contributed by atoms with Crippen LogP contribution in [0.5, 0.6) is 5.75 Å². The summed E-state index contributed by atoms with van der Waals surface area (Å²) in [5, 5.41) is 105. The molecule has 10 heterocycles. The van der Waals surface area contributed by atoms with E-state index in [-0.39, 0.29) is 71.7 Å². The van der Waals surface area contributed by atoms with Crippen LogP contribution in [0.1, 0.15) is 62.1 Å². The SMILES string of the molecule is COc1c(C(=O)O)ccc2n[nH]c(-c3cc4ccccc4s3)c12.O=C(O)c1c(F)cc2[nH]nc(-c3cc4ccccc4s3)c2c1F.O=C(O)c1c(F)cc2[nH]nc(-c3ccc4ccccc4c3)c2c1F.O=C(O)c1ccc2[nH]nc(-c3cc4ccccc4o3)c2c1F.O=C(O)c1ccc2[nH]nc(-c3cc4ccccc4s3)c2c1F.O=C(O)c1ccc2[nH]nc(-c3ccc4ccccc4c3)c2c1F. The molecule has 0 atom stereocenters. The molecule has 12 N–H and O–H groups in total. The van der Waals surface area contributed by atoms with Gasteiger partial charge in [0.15, 0.2) is 17.4 Å². The number of carboxylic acids is 6. The number of halogens is 7. The van der Waals surface area contributed by atoms with Crippen molar-refractivity contribution in [2.24, 2.45) is 0 Å². The molecule has 36 heteroatoms. The molecule has 0 aliphatic rings. The molecule has 0 radical (unpaired) electrons. The number of nitrogens with one attached hydrogen (secondary N) is 6. The summed E-state index contributed by atoms with van der Waals surface area (Å²) < 4.78 is 115. The van der Waals surface area contributed by atoms with Gasteiger partial charge in [-0.3, -0.25) is 30.6 Å². The molecule has 0 spiro atoms. The van der Waals surface area contributed by atoms with Gasteiger partial charge in [-0.25, -0.2) is 59.5 Å². The summed E-state index contributed by atoms with van der Waals surface area (Å²) in [7, 11) is 1.48. The Kier molecular flexibility index (Phi) is 23.4. The standard InChI is InChI=1S/C18H10F2N2O2.C18H11FN2O2.C17H12N2O3S.C16H8F2N2O2S.C16H9FN2O3.C16H9FN2O2S/c19-12-8-13-15(16(20)14(12)18(23)24)17(22-21-13)11-6-5-9-3-1-2-4-10(9)7-11;19-16-13(18(22)23)7-8-14-15(16)17(21-20-14)12-6-5-10-3-1-2-4-11(10)9-12;1-22-16-10(17(20)21)6-7-11-14(16)15(19-18-11)13-8-9-4-2-3-5-12(9)23-13;17-8-6-9-13(14(18)12(8)16(21)22)15(20-19-9)11-5-7-3-1-2-4-10(7)23-11;2*17-14-9(16(20)21)5-6-10-13(14)15(19-18-10)12-7-8-3-1-2-4-11(8)22-12/h1-8H,(H,21,22)(H,23,24);1-9H,(H,20,21)(H,22,23);2-8H,1H3,(H,18,19)(H,20,21);1-6H,(H,19,20)(H,21,22);2*1-7H,(H,18,19)(H,20,21). The summed E-state index contributed by atoms with van der Waals surface area (Å²) in [5.74, 6) is -14.4. The number of carbonyl (C=O) groups is 6. The summed E-state index contributed by atoms with van der Waals surface area (Å²) in [6.07, 6.45) is 0. The minimum Gasteiger partial charge on any atom is -0.495 e. The third-order valence-electron chi connectivity index (χ3n) is 22.4. The van der Waals surface area contributed by atoms with E-state index in [0.29, 0.717) is 66.4 Å². The van der Waals surface area contributed by atoms with Crippen LogP contribution in [0.2, 0.25) is 0 Å². The maximum absolute atomic E-state index is 14.6. The number of furan rings is 1. The molecule has 674 valence electrons. The van der Waals surface area contributed by atoms with Crippen molar-refractivity contribution in [2.75, 3.05) is 7.11 Å². The second-order valence-corrected chi connectivity index (χ2v) is 33.8. The molecule has 14 aromatic carbocycles. The minimum atomic E-state index is -1.66. The average molecular weight is 1890 g/mol. The van der Waals surface area contributed by atoms with Crippen molar-refractivity contribution in [1.82, 2.24) is 61.2 Å². The molecular weight excluding hydrogens is 1830 g/mol. The van der Waals surface area contributed by atoms with Crippen molar-refractivity contribution in [3.05, 3.63) is 341 Å². The van der Waals surface area contributed by atoms with Gasteiger partial charge >= 0.3 is 35.8 Å². The van der Waals surface area contributed by atoms with E-state index in [9.17, 15) is 64.6 Å². The van der Waals surface area contributed by atoms with Crippen LogP contribution in [0.4, 0.5) is 30.7 Å². The number of carboxylic acid groups (broad SMARTS) is 6. The van der Waals surface area contributed by atoms with Crippen molar-refractivity contribution < 1.29 is 99.3 Å². The van der Waals surface area contributed by atoms with E-state index in [2.05, 4.69) is 73.3 Å². The van der Waals surface area contributed by atoms with E-state index in [4.69, 9.17) is 34.7 Å². The van der Waals surface area contributed by atoms with Gasteiger partial charge in [0.05, 0.1) is 110 Å². The number of thiophene rings is 3. The molecule has 0 bridgehead atoms. The van der Waals surface area contributed by atoms with Crippen LogP contribution < -0.4 is 4.74 Å². The van der Waals surface area contributed by atoms with E-state index in [1.807, 2.05) is 176 Å². The minimum absolute atomic E-state index is 0.0182. The Hall–Kier alpha value is -18.0. The fourth-order valence-corrected chi connectivity index (χ4v) is 19.2. The van der Waals surface area contributed by atoms with Gasteiger partial charge in [-0.05, 0) is 147 Å². The van der Waals surface area contributed by atoms with Crippen molar-refractivity contribution >= 4 is 198 Å². The number of aromatic amines is 6. The first-order valence-corrected chi connectivity index (χ1v) is 43.3. The lowest BCUT2D eigenvalue weighted by Gasteiger charge is -2.06. The number of methoxy groups -OCH3 is 1. The van der Waals surface area contributed by atoms with Crippen molar-refractivity contribution in [2.45, 2.75) is 0 Å². The Balaban J connectivity index is 0.000000105. The first-order valence-electron chi connectivity index (χ1n) is 40.9. The van der Waals surface area contributed by atoms with Gasteiger partial charge in [-0.2, -0.15) is 30.6 Å². The summed E-state index contributed by atoms with van der Waals surface area (Å²) >= 11 is 4.53. The van der Waals surface area contributed by atoms with Gasteiger partial charge in [0, 0.05) is 42.7 Å². The number of benzene rings is 14. The number of H-pyrrole nitrogens is 6. The Morgan fingerprint density at radius 1 is 0.299 bits per heavy atom. The quantitative estimate of drug-likeness (QED) is 0.0477. The maximum atomic E-state index is 14.6. The van der Waals surface area contributed by atoms with Crippen LogP contribution in [0.15, 0.2) is 271 Å². The molecule has 0 amide bonds. The Morgan fingerprint density at radius 3 is 1.07 bits per heavy atom. The monoisotopic (exact) mass is 1890 g/mol. The highest BCUT2D eigenvalue weighted by Gasteiger charge is 2.30. The number of rotatable bonds is 13. The average Bonchev–Trinajstić information content (AvgIpc) is 2.03. The highest BCUT2D eigenvalue weighted by atomic mass is 32.1. The van der Waals surface area contributed by atoms with Gasteiger partial charge < -0.3 is 39.8 Å². The number of hydrogen-bond donors (Lipinski definition) is 12. The predicted molar refractivity (Wildman–Crippen MR) is 508 cm³/mol. The van der Waals surface area contributed by atoms with E-state index >= 15 is 0 Å². The zero-order valence-electron chi connectivity index (χ0n) is 69.9. The summed E-state index contributed by atoms with van der Waals surface area (Å²) in [6, 6.07) is 78.5. The first kappa shape index (κ1) is 88.3. The molecule has 24 rings (SSSR count). The normalized spacial score (nSPS) is 11.3. The number of ether oxygens (including phenoxy) is 1. The van der Waals surface area contributed by atoms with E-state index in [1.165, 1.54) is 76.9 Å². The van der Waals surface area contributed by atoms with Gasteiger partial charge in [0.2, 0.25) is 0 Å². The summed E-state index contributed by atoms with van der Waals surface area (Å²) in [4.78, 5) is 69.4. The Labute approximate surface area is 773 Å². The zero-order chi connectivity index (χ0) is 95.5. The van der Waals surface area contributed by atoms with Crippen LogP contribution in [-0.4, -0.2) is 135 Å². The van der Waals surface area contributed by atoms with Gasteiger partial charge in [0.1, 0.15) is 85.6 Å². The third kappa shape index (κ3) is 16.5. The number of para-hydroxylation sites is 1. The van der Waals surface area contributed by atoms with Gasteiger partial charge in [-0.1, -0.05) is 146 Å². The number of nitrogens with zero attached hydrogens (tertiary/aromatic N) is 6. The van der Waals surface area contributed by atoms with E-state index < -0.39 is 93.2 Å². The molecule has 0 aliphatic heterocycles. The van der Waals surface area contributed by atoms with Crippen LogP contribution in [0.3, 0.4) is 0 Å². The number of fused-ring (bicyclic) bond motifs is 12. The number of aromatic carboxylic acids is 6. The van der Waals surface area contributed by atoms with Crippen LogP contribution in [-0.2, 0) is 0 Å². The maximum Gasteiger partial charge on any atom is 0.341 e. The Morgan fingerprint density at radius 2 is 0.650 bits per heavy atom. The lowest BCUT2D eigenvalue weighted by atomic mass is 10.0. The lowest BCUT2D eigenvalue weighted by Crippen LogP contribution is -2.05. The molecule has 24 aromatic rings. The summed E-state index contributed by atoms with van der Waals surface area (Å²) in [5.41, 5.74) is 3.76. The second kappa shape index (κ2) is 36.3. The highest BCUT2D eigenvalue weighted by Crippen LogP contribution is 2.45. The van der Waals surface area contributed by atoms with E-state index in [1.54, 1.807) is 35.6 Å². The van der Waals surface area contributed by atoms with Crippen molar-refractivity contribution in [1.29, 1.82) is 0 Å². The Bertz CT molecular complexity index is 8760. The third-order valence-corrected chi connectivity index (χ3v) is 25.8. The number of aromatic nitrogens is 12. The number of hydrogen-bond acceptors (Lipinski definition) is 17. The fraction of sp³-hybridized carbons (Fsp3) is 0.00990. The molecular formula is C101H59F7N12O14S3. The molecule has 0 saturated carbocycles. The summed E-state index contributed by atoms with van der Waals surface area (Å²) in [6.45, 7) is 0. The van der Waals surface area contributed by atoms with Gasteiger partial charge in [-0.15, -0.1) is 34.0 Å².